The van der Waals surface area contributed by atoms with Crippen molar-refractivity contribution in [2.24, 2.45) is 5.41 Å². The molecule has 5 aromatic carbocycles. The Balaban J connectivity index is -0.000000224. The van der Waals surface area contributed by atoms with Crippen molar-refractivity contribution < 1.29 is 25.8 Å². The Hall–Kier alpha value is -2.77. The van der Waals surface area contributed by atoms with Gasteiger partial charge in [0, 0.05) is 25.8 Å². The number of hydrogen-bond donors (Lipinski definition) is 0. The van der Waals surface area contributed by atoms with E-state index in [0.717, 1.165) is 11.1 Å². The van der Waals surface area contributed by atoms with Crippen LogP contribution in [-0.2, 0) is 38.7 Å². The Labute approximate surface area is 268 Å². The SMILES string of the molecule is C[c-]1ccc2cc3c(cc21)CC(C)(C)C3.[CH2-]c1ccccc1.[CH2-]c1ccccc1.[CH3-].[CH3-].[CH3-].[CH3-].[CH3-].[Hf].c1cc[cH-]c1. The molecule has 5 aromatic rings. The van der Waals surface area contributed by atoms with Gasteiger partial charge >= 0.3 is 0 Å². The Bertz CT molecular complexity index is 1170. The number of rotatable bonds is 0. The first-order chi connectivity index (χ1) is 16.3. The summed E-state index contributed by atoms with van der Waals surface area (Å²) >= 11 is 0. The third-order valence-electron chi connectivity index (χ3n) is 5.89. The predicted octanol–water partition coefficient (Wildman–Crippen LogP) is 11.4. The van der Waals surface area contributed by atoms with Crippen LogP contribution in [0.2, 0.25) is 0 Å². The molecule has 0 aliphatic heterocycles. The van der Waals surface area contributed by atoms with Crippen LogP contribution < -0.4 is 0 Å². The van der Waals surface area contributed by atoms with E-state index in [1.54, 1.807) is 11.1 Å². The number of aryl methyl sites for hydroxylation is 1. The summed E-state index contributed by atoms with van der Waals surface area (Å²) in [6, 6.07) is 39.0. The molecule has 0 amide bonds. The zero-order valence-electron chi connectivity index (χ0n) is 26.3. The normalized spacial score (nSPS) is 10.9. The molecule has 0 atom stereocenters. The third-order valence-corrected chi connectivity index (χ3v) is 5.89. The van der Waals surface area contributed by atoms with E-state index >= 15 is 0 Å². The maximum atomic E-state index is 3.72. The number of benzene rings is 3. The molecule has 40 heavy (non-hydrogen) atoms. The smallest absolute Gasteiger partial charge is 0 e. The second kappa shape index (κ2) is 22.0. The summed E-state index contributed by atoms with van der Waals surface area (Å²) in [5, 5.41) is 2.87. The molecule has 1 aliphatic rings. The van der Waals surface area contributed by atoms with Crippen LogP contribution in [0.5, 0.6) is 0 Å². The van der Waals surface area contributed by atoms with Gasteiger partial charge in [0.05, 0.1) is 0 Å². The summed E-state index contributed by atoms with van der Waals surface area (Å²) in [7, 11) is 0. The van der Waals surface area contributed by atoms with Gasteiger partial charge in [-0.25, -0.2) is 12.1 Å². The first-order valence-electron chi connectivity index (χ1n) is 11.9. The maximum Gasteiger partial charge on any atom is 0 e. The van der Waals surface area contributed by atoms with Crippen molar-refractivity contribution in [2.45, 2.75) is 33.6 Å². The van der Waals surface area contributed by atoms with Crippen LogP contribution in [0, 0.1) is 63.3 Å². The minimum Gasteiger partial charge on any atom is -0.358 e. The minimum absolute atomic E-state index is 0. The van der Waals surface area contributed by atoms with Gasteiger partial charge in [-0.2, -0.15) is 79.6 Å². The second-order valence-corrected chi connectivity index (χ2v) is 9.68. The zero-order chi connectivity index (χ0) is 24.4. The first-order valence-corrected chi connectivity index (χ1v) is 11.9. The van der Waals surface area contributed by atoms with E-state index in [9.17, 15) is 0 Å². The molecule has 0 nitrogen and oxygen atoms in total. The van der Waals surface area contributed by atoms with Gasteiger partial charge in [0.2, 0.25) is 0 Å². The Morgan fingerprint density at radius 1 is 0.650 bits per heavy atom. The van der Waals surface area contributed by atoms with Gasteiger partial charge in [0.15, 0.2) is 0 Å². The van der Waals surface area contributed by atoms with E-state index in [2.05, 4.69) is 58.9 Å². The van der Waals surface area contributed by atoms with E-state index in [-0.39, 0.29) is 63.0 Å². The molecular formula is C39H51Hf-9. The van der Waals surface area contributed by atoms with Crippen molar-refractivity contribution in [2.75, 3.05) is 0 Å². The van der Waals surface area contributed by atoms with E-state index < -0.39 is 0 Å². The number of hydrogen-bond acceptors (Lipinski definition) is 0. The molecule has 0 spiro atoms. The molecule has 0 N–H and O–H groups in total. The fourth-order valence-electron chi connectivity index (χ4n) is 4.19. The van der Waals surface area contributed by atoms with Crippen LogP contribution in [0.1, 0.15) is 41.7 Å². The molecule has 1 aliphatic carbocycles. The molecule has 6 rings (SSSR count). The fraction of sp³-hybridized carbons (Fsp3) is 0.154. The van der Waals surface area contributed by atoms with Crippen LogP contribution >= 0.6 is 0 Å². The third kappa shape index (κ3) is 14.6. The standard InChI is InChI=1S/C15H17.2C7H7.C5H5.5CH3.Hf/c1-10-4-5-11-6-12-8-15(2,3)9-13(12)7-14(10)11;2*1-7-5-3-2-4-6-7;1-2-4-5-3-1;;;;;;/h4-7H,8-9H2,1-3H3;2*2-6H,1H2;1-5H;5*1H3;/q9*-1;. The Kier molecular flexibility index (Phi) is 24.3. The van der Waals surface area contributed by atoms with Gasteiger partial charge in [-0.1, -0.05) is 44.0 Å². The Morgan fingerprint density at radius 2 is 1.07 bits per heavy atom. The average molecular weight is 698 g/mol. The van der Waals surface area contributed by atoms with Crippen LogP contribution in [0.3, 0.4) is 0 Å². The van der Waals surface area contributed by atoms with E-state index in [1.807, 2.05) is 91.0 Å². The number of fused-ring (bicyclic) bond motifs is 2. The largest absolute Gasteiger partial charge is 0.358 e. The quantitative estimate of drug-likeness (QED) is 0.112. The molecular weight excluding hydrogens is 647 g/mol. The van der Waals surface area contributed by atoms with Crippen molar-refractivity contribution in [3.63, 3.8) is 0 Å². The molecule has 0 aromatic heterocycles. The van der Waals surface area contributed by atoms with Gasteiger partial charge in [-0.3, -0.25) is 0 Å². The molecule has 0 heterocycles. The first kappa shape index (κ1) is 44.3. The Morgan fingerprint density at radius 3 is 1.43 bits per heavy atom. The van der Waals surface area contributed by atoms with E-state index in [1.165, 1.54) is 29.2 Å². The van der Waals surface area contributed by atoms with Crippen molar-refractivity contribution >= 4 is 10.8 Å². The van der Waals surface area contributed by atoms with Crippen molar-refractivity contribution in [1.82, 2.24) is 0 Å². The minimum atomic E-state index is 0. The van der Waals surface area contributed by atoms with Gasteiger partial charge in [-0.15, -0.1) is 52.7 Å². The second-order valence-electron chi connectivity index (χ2n) is 9.68. The average Bonchev–Trinajstić information content (AvgIpc) is 3.56. The van der Waals surface area contributed by atoms with Crippen LogP contribution in [0.4, 0.5) is 0 Å². The van der Waals surface area contributed by atoms with Gasteiger partial charge < -0.3 is 37.1 Å². The van der Waals surface area contributed by atoms with Crippen molar-refractivity contribution in [3.05, 3.63) is 194 Å². The summed E-state index contributed by atoms with van der Waals surface area (Å²) < 4.78 is 0. The van der Waals surface area contributed by atoms with Crippen LogP contribution in [0.15, 0.2) is 115 Å². The topological polar surface area (TPSA) is 0 Å². The van der Waals surface area contributed by atoms with E-state index in [4.69, 9.17) is 0 Å². The summed E-state index contributed by atoms with van der Waals surface area (Å²) in [6.45, 7) is 14.4. The predicted molar refractivity (Wildman–Crippen MR) is 181 cm³/mol. The molecule has 1 heteroatoms. The van der Waals surface area contributed by atoms with Crippen LogP contribution in [-0.4, -0.2) is 0 Å². The molecule has 220 valence electrons. The molecule has 0 radical (unpaired) electrons. The molecule has 0 saturated heterocycles. The maximum absolute atomic E-state index is 3.72. The summed E-state index contributed by atoms with van der Waals surface area (Å²) in [5.74, 6) is 0. The van der Waals surface area contributed by atoms with E-state index in [0.29, 0.717) is 5.41 Å². The summed E-state index contributed by atoms with van der Waals surface area (Å²) in [6.07, 6.45) is 2.48. The monoisotopic (exact) mass is 699 g/mol. The van der Waals surface area contributed by atoms with Crippen molar-refractivity contribution in [3.8, 4) is 0 Å². The molecule has 0 fully saturated rings. The van der Waals surface area contributed by atoms with Gasteiger partial charge in [0.25, 0.3) is 0 Å². The van der Waals surface area contributed by atoms with Crippen LogP contribution in [0.25, 0.3) is 10.8 Å². The molecule has 0 saturated carbocycles. The fourth-order valence-corrected chi connectivity index (χ4v) is 4.19. The summed E-state index contributed by atoms with van der Waals surface area (Å²) in [4.78, 5) is 0. The van der Waals surface area contributed by atoms with Gasteiger partial charge in [-0.05, 0) is 18.3 Å². The molecule has 0 unspecified atom stereocenters. The zero-order valence-corrected chi connectivity index (χ0v) is 29.9. The molecule has 0 bridgehead atoms. The van der Waals surface area contributed by atoms with Gasteiger partial charge in [0.1, 0.15) is 0 Å². The van der Waals surface area contributed by atoms with Crippen molar-refractivity contribution in [1.29, 1.82) is 0 Å². The summed E-state index contributed by atoms with van der Waals surface area (Å²) in [5.41, 5.74) is 7.16.